The molecule has 4 nitrogen and oxygen atoms in total. The van der Waals surface area contributed by atoms with Crippen LogP contribution >= 0.6 is 50.5 Å². The van der Waals surface area contributed by atoms with Crippen LogP contribution in [0.4, 0.5) is 5.13 Å². The van der Waals surface area contributed by atoms with Crippen molar-refractivity contribution in [3.05, 3.63) is 68.6 Å². The van der Waals surface area contributed by atoms with Crippen molar-refractivity contribution in [2.75, 3.05) is 11.9 Å². The minimum absolute atomic E-state index is 0.227. The van der Waals surface area contributed by atoms with Gasteiger partial charge < -0.3 is 0 Å². The quantitative estimate of drug-likeness (QED) is 0.444. The van der Waals surface area contributed by atoms with Crippen LogP contribution in [-0.2, 0) is 4.79 Å². The van der Waals surface area contributed by atoms with E-state index in [0.29, 0.717) is 20.7 Å². The summed E-state index contributed by atoms with van der Waals surface area (Å²) in [4.78, 5) is 13.8. The van der Waals surface area contributed by atoms with E-state index in [1.165, 1.54) is 22.3 Å². The zero-order chi connectivity index (χ0) is 18.7. The van der Waals surface area contributed by atoms with Gasteiger partial charge in [-0.3, -0.25) is 9.69 Å². The molecule has 0 fully saturated rings. The minimum atomic E-state index is -0.227. The number of hydrogen-bond donors (Lipinski definition) is 0. The molecule has 0 radical (unpaired) electrons. The molecule has 0 bridgehead atoms. The van der Waals surface area contributed by atoms with E-state index < -0.39 is 0 Å². The van der Waals surface area contributed by atoms with E-state index >= 15 is 0 Å². The van der Waals surface area contributed by atoms with Gasteiger partial charge in [-0.15, -0.1) is 10.2 Å². The maximum Gasteiger partial charge on any atom is 0.252 e. The van der Waals surface area contributed by atoms with E-state index in [0.717, 1.165) is 15.0 Å². The molecule has 3 rings (SSSR count). The van der Waals surface area contributed by atoms with E-state index in [-0.39, 0.29) is 5.91 Å². The summed E-state index contributed by atoms with van der Waals surface area (Å²) in [6, 6.07) is 12.9. The van der Waals surface area contributed by atoms with Gasteiger partial charge in [-0.25, -0.2) is 0 Å². The van der Waals surface area contributed by atoms with Gasteiger partial charge in [0.05, 0.1) is 0 Å². The molecule has 2 aromatic carbocycles. The third-order valence-electron chi connectivity index (χ3n) is 3.49. The molecule has 132 valence electrons. The van der Waals surface area contributed by atoms with E-state index in [1.807, 2.05) is 24.3 Å². The molecular weight excluding hydrogens is 457 g/mol. The highest BCUT2D eigenvalue weighted by Gasteiger charge is 2.14. The number of carbonyl (C=O) groups excluding carboxylic acids is 1. The number of carbonyl (C=O) groups is 1. The minimum Gasteiger partial charge on any atom is -0.286 e. The lowest BCUT2D eigenvalue weighted by molar-refractivity contribution is -0.113. The Bertz CT molecular complexity index is 973. The largest absolute Gasteiger partial charge is 0.286 e. The number of nitrogens with zero attached hydrogens (tertiary/aromatic N) is 3. The highest BCUT2D eigenvalue weighted by molar-refractivity contribution is 9.10. The highest BCUT2D eigenvalue weighted by atomic mass is 79.9. The molecule has 3 aromatic rings. The number of likely N-dealkylation sites (N-methyl/N-ethyl adjacent to an activating group) is 1. The molecule has 1 amide bonds. The summed E-state index contributed by atoms with van der Waals surface area (Å²) >= 11 is 16.7. The SMILES string of the molecule is CN(C(=O)/C=C/c1ccc(Cl)cc1Cl)c1nnc(-c2ccc(Br)cc2)s1. The lowest BCUT2D eigenvalue weighted by atomic mass is 10.2. The number of halogens is 3. The van der Waals surface area contributed by atoms with Gasteiger partial charge in [0.25, 0.3) is 5.91 Å². The first-order chi connectivity index (χ1) is 12.4. The second kappa shape index (κ2) is 8.31. The molecular formula is C18H12BrCl2N3OS. The Hall–Kier alpha value is -1.73. The van der Waals surface area contributed by atoms with E-state index in [1.54, 1.807) is 31.3 Å². The first-order valence-corrected chi connectivity index (χ1v) is 9.81. The van der Waals surface area contributed by atoms with Crippen molar-refractivity contribution in [3.8, 4) is 10.6 Å². The summed E-state index contributed by atoms with van der Waals surface area (Å²) < 4.78 is 0.990. The van der Waals surface area contributed by atoms with E-state index in [9.17, 15) is 4.79 Å². The number of amides is 1. The van der Waals surface area contributed by atoms with Crippen LogP contribution in [0.25, 0.3) is 16.6 Å². The van der Waals surface area contributed by atoms with Crippen LogP contribution in [0.2, 0.25) is 10.0 Å². The lowest BCUT2D eigenvalue weighted by Crippen LogP contribution is -2.23. The second-order valence-electron chi connectivity index (χ2n) is 5.29. The molecule has 0 aliphatic carbocycles. The van der Waals surface area contributed by atoms with Crippen LogP contribution in [0.1, 0.15) is 5.56 Å². The molecule has 8 heteroatoms. The number of hydrogen-bond acceptors (Lipinski definition) is 4. The summed E-state index contributed by atoms with van der Waals surface area (Å²) in [6.45, 7) is 0. The van der Waals surface area contributed by atoms with Crippen molar-refractivity contribution in [1.82, 2.24) is 10.2 Å². The number of benzene rings is 2. The van der Waals surface area contributed by atoms with Crippen LogP contribution in [-0.4, -0.2) is 23.2 Å². The van der Waals surface area contributed by atoms with Gasteiger partial charge >= 0.3 is 0 Å². The summed E-state index contributed by atoms with van der Waals surface area (Å²) in [6.07, 6.45) is 3.09. The molecule has 0 N–H and O–H groups in total. The number of anilines is 1. The zero-order valence-electron chi connectivity index (χ0n) is 13.5. The molecule has 0 saturated heterocycles. The van der Waals surface area contributed by atoms with Crippen molar-refractivity contribution >= 4 is 67.6 Å². The van der Waals surface area contributed by atoms with Crippen LogP contribution in [0.15, 0.2) is 53.0 Å². The van der Waals surface area contributed by atoms with Crippen LogP contribution < -0.4 is 4.90 Å². The topological polar surface area (TPSA) is 46.1 Å². The Balaban J connectivity index is 1.74. The lowest BCUT2D eigenvalue weighted by Gasteiger charge is -2.09. The molecule has 1 heterocycles. The van der Waals surface area contributed by atoms with Gasteiger partial charge in [-0.1, -0.05) is 68.7 Å². The molecule has 0 saturated carbocycles. The fourth-order valence-electron chi connectivity index (χ4n) is 2.06. The third-order valence-corrected chi connectivity index (χ3v) is 5.63. The predicted molar refractivity (Wildman–Crippen MR) is 112 cm³/mol. The van der Waals surface area contributed by atoms with Crippen molar-refractivity contribution in [2.45, 2.75) is 0 Å². The highest BCUT2D eigenvalue weighted by Crippen LogP contribution is 2.29. The summed E-state index contributed by atoms with van der Waals surface area (Å²) in [5.41, 5.74) is 1.66. The van der Waals surface area contributed by atoms with Gasteiger partial charge in [0.2, 0.25) is 5.13 Å². The monoisotopic (exact) mass is 467 g/mol. The van der Waals surface area contributed by atoms with Crippen LogP contribution in [0.5, 0.6) is 0 Å². The maximum atomic E-state index is 12.4. The average Bonchev–Trinajstić information content (AvgIpc) is 3.10. The van der Waals surface area contributed by atoms with Gasteiger partial charge in [-0.05, 0) is 35.9 Å². The second-order valence-corrected chi connectivity index (χ2v) is 8.01. The molecule has 0 aliphatic heterocycles. The Kier molecular flexibility index (Phi) is 6.09. The molecule has 1 aromatic heterocycles. The number of rotatable bonds is 4. The van der Waals surface area contributed by atoms with Gasteiger partial charge in [0, 0.05) is 33.2 Å². The maximum absolute atomic E-state index is 12.4. The predicted octanol–water partition coefficient (Wildman–Crippen LogP) is 5.95. The Morgan fingerprint density at radius 2 is 1.88 bits per heavy atom. The fraction of sp³-hybridized carbons (Fsp3) is 0.0556. The van der Waals surface area contributed by atoms with Crippen molar-refractivity contribution in [2.24, 2.45) is 0 Å². The Labute approximate surface area is 173 Å². The zero-order valence-corrected chi connectivity index (χ0v) is 17.4. The van der Waals surface area contributed by atoms with Crippen LogP contribution in [0.3, 0.4) is 0 Å². The Morgan fingerprint density at radius 3 is 2.58 bits per heavy atom. The van der Waals surface area contributed by atoms with E-state index in [4.69, 9.17) is 23.2 Å². The molecule has 0 atom stereocenters. The number of aromatic nitrogens is 2. The third kappa shape index (κ3) is 4.51. The first kappa shape index (κ1) is 19.0. The normalized spacial score (nSPS) is 11.1. The smallest absolute Gasteiger partial charge is 0.252 e. The fourth-order valence-corrected chi connectivity index (χ4v) is 3.62. The molecule has 0 aliphatic rings. The van der Waals surface area contributed by atoms with E-state index in [2.05, 4.69) is 26.1 Å². The van der Waals surface area contributed by atoms with Crippen LogP contribution in [0, 0.1) is 0 Å². The molecule has 0 unspecified atom stereocenters. The van der Waals surface area contributed by atoms with Gasteiger partial charge in [0.1, 0.15) is 5.01 Å². The Morgan fingerprint density at radius 1 is 1.15 bits per heavy atom. The standard InChI is InChI=1S/C18H12BrCl2N3OS/c1-24(16(25)9-5-11-4-8-14(20)10-15(11)21)18-23-22-17(26-18)12-2-6-13(19)7-3-12/h2-10H,1H3/b9-5+. The summed E-state index contributed by atoms with van der Waals surface area (Å²) in [5.74, 6) is -0.227. The van der Waals surface area contributed by atoms with Gasteiger partial charge in [0.15, 0.2) is 0 Å². The average molecular weight is 469 g/mol. The summed E-state index contributed by atoms with van der Waals surface area (Å²) in [7, 11) is 1.65. The summed E-state index contributed by atoms with van der Waals surface area (Å²) in [5, 5.41) is 10.6. The van der Waals surface area contributed by atoms with Crippen molar-refractivity contribution in [1.29, 1.82) is 0 Å². The molecule has 0 spiro atoms. The first-order valence-electron chi connectivity index (χ1n) is 7.44. The van der Waals surface area contributed by atoms with Crippen molar-refractivity contribution < 1.29 is 4.79 Å². The van der Waals surface area contributed by atoms with Gasteiger partial charge in [-0.2, -0.15) is 0 Å². The van der Waals surface area contributed by atoms with Crippen molar-refractivity contribution in [3.63, 3.8) is 0 Å². The molecule has 26 heavy (non-hydrogen) atoms.